The molecule has 1 fully saturated rings. The van der Waals surface area contributed by atoms with E-state index in [1.165, 1.54) is 24.1 Å². The van der Waals surface area contributed by atoms with Crippen LogP contribution in [0.1, 0.15) is 44.0 Å². The molecule has 1 heterocycles. The fourth-order valence-corrected chi connectivity index (χ4v) is 3.43. The van der Waals surface area contributed by atoms with Gasteiger partial charge in [0.2, 0.25) is 0 Å². The Bertz CT molecular complexity index is 323. The third-order valence-corrected chi connectivity index (χ3v) is 4.76. The van der Waals surface area contributed by atoms with Crippen LogP contribution in [-0.4, -0.2) is 6.04 Å². The van der Waals surface area contributed by atoms with Crippen LogP contribution >= 0.6 is 22.9 Å². The molecule has 3 heteroatoms. The van der Waals surface area contributed by atoms with Gasteiger partial charge in [0, 0.05) is 17.0 Å². The molecule has 1 aliphatic carbocycles. The van der Waals surface area contributed by atoms with Gasteiger partial charge in [-0.2, -0.15) is 0 Å². The predicted molar refractivity (Wildman–Crippen MR) is 67.7 cm³/mol. The van der Waals surface area contributed by atoms with Crippen molar-refractivity contribution in [3.63, 3.8) is 0 Å². The van der Waals surface area contributed by atoms with Crippen molar-refractivity contribution < 1.29 is 0 Å². The van der Waals surface area contributed by atoms with Gasteiger partial charge in [-0.1, -0.05) is 24.9 Å². The van der Waals surface area contributed by atoms with Crippen LogP contribution < -0.4 is 5.32 Å². The van der Waals surface area contributed by atoms with E-state index in [2.05, 4.69) is 25.2 Å². The monoisotopic (exact) mass is 243 g/mol. The average Bonchev–Trinajstić information content (AvgIpc) is 2.77. The number of halogens is 1. The maximum atomic E-state index is 5.94. The van der Waals surface area contributed by atoms with Gasteiger partial charge in [0.15, 0.2) is 0 Å². The molecule has 0 saturated heterocycles. The molecule has 0 aromatic carbocycles. The summed E-state index contributed by atoms with van der Waals surface area (Å²) in [4.78, 5) is 1.35. The molecule has 0 spiro atoms. The lowest BCUT2D eigenvalue weighted by Crippen LogP contribution is -2.32. The second-order valence-corrected chi connectivity index (χ2v) is 6.29. The van der Waals surface area contributed by atoms with Crippen LogP contribution in [0.4, 0.5) is 0 Å². The largest absolute Gasteiger partial charge is 0.306 e. The Labute approximate surface area is 101 Å². The third kappa shape index (κ3) is 2.74. The molecule has 0 aliphatic heterocycles. The predicted octanol–water partition coefficient (Wildman–Crippen LogP) is 4.24. The SMILES string of the molecule is CC(NC1CCCC1C)c1ccc(Cl)s1. The Morgan fingerprint density at radius 2 is 2.27 bits per heavy atom. The van der Waals surface area contributed by atoms with Crippen LogP contribution in [-0.2, 0) is 0 Å². The van der Waals surface area contributed by atoms with Crippen molar-refractivity contribution in [2.75, 3.05) is 0 Å². The molecule has 0 bridgehead atoms. The first kappa shape index (κ1) is 11.4. The molecular formula is C12H18ClNS. The highest BCUT2D eigenvalue weighted by atomic mass is 35.5. The van der Waals surface area contributed by atoms with Crippen LogP contribution in [0.2, 0.25) is 4.34 Å². The Morgan fingerprint density at radius 1 is 1.47 bits per heavy atom. The van der Waals surface area contributed by atoms with Gasteiger partial charge in [-0.25, -0.2) is 0 Å². The fraction of sp³-hybridized carbons (Fsp3) is 0.667. The molecule has 15 heavy (non-hydrogen) atoms. The van der Waals surface area contributed by atoms with Crippen molar-refractivity contribution >= 4 is 22.9 Å². The molecule has 1 N–H and O–H groups in total. The van der Waals surface area contributed by atoms with Gasteiger partial charge in [0.05, 0.1) is 4.34 Å². The maximum absolute atomic E-state index is 5.94. The highest BCUT2D eigenvalue weighted by Gasteiger charge is 2.24. The Balaban J connectivity index is 1.94. The summed E-state index contributed by atoms with van der Waals surface area (Å²) < 4.78 is 0.887. The maximum Gasteiger partial charge on any atom is 0.0931 e. The highest BCUT2D eigenvalue weighted by Crippen LogP contribution is 2.30. The van der Waals surface area contributed by atoms with Crippen molar-refractivity contribution in [1.82, 2.24) is 5.32 Å². The molecule has 0 radical (unpaired) electrons. The summed E-state index contributed by atoms with van der Waals surface area (Å²) in [5, 5.41) is 3.71. The summed E-state index contributed by atoms with van der Waals surface area (Å²) in [6.45, 7) is 4.58. The summed E-state index contributed by atoms with van der Waals surface area (Å²) in [5.74, 6) is 0.822. The van der Waals surface area contributed by atoms with E-state index in [1.807, 2.05) is 6.07 Å². The Kier molecular flexibility index (Phi) is 3.70. The van der Waals surface area contributed by atoms with Gasteiger partial charge >= 0.3 is 0 Å². The molecule has 0 amide bonds. The molecule has 3 unspecified atom stereocenters. The molecule has 1 aromatic heterocycles. The number of rotatable bonds is 3. The Hall–Kier alpha value is -0.0500. The lowest BCUT2D eigenvalue weighted by atomic mass is 10.1. The van der Waals surface area contributed by atoms with E-state index in [1.54, 1.807) is 11.3 Å². The van der Waals surface area contributed by atoms with Crippen molar-refractivity contribution in [3.05, 3.63) is 21.3 Å². The minimum atomic E-state index is 0.438. The lowest BCUT2D eigenvalue weighted by molar-refractivity contribution is 0.391. The molecule has 2 rings (SSSR count). The molecule has 1 aromatic rings. The summed E-state index contributed by atoms with van der Waals surface area (Å²) in [7, 11) is 0. The van der Waals surface area contributed by atoms with E-state index in [9.17, 15) is 0 Å². The van der Waals surface area contributed by atoms with E-state index in [4.69, 9.17) is 11.6 Å². The fourth-order valence-electron chi connectivity index (χ4n) is 2.36. The summed E-state index contributed by atoms with van der Waals surface area (Å²) >= 11 is 7.62. The molecule has 1 aliphatic rings. The summed E-state index contributed by atoms with van der Waals surface area (Å²) in [5.41, 5.74) is 0. The van der Waals surface area contributed by atoms with E-state index in [0.717, 1.165) is 10.3 Å². The molecular weight excluding hydrogens is 226 g/mol. The smallest absolute Gasteiger partial charge is 0.0931 e. The number of hydrogen-bond acceptors (Lipinski definition) is 2. The van der Waals surface area contributed by atoms with Crippen LogP contribution in [0, 0.1) is 5.92 Å². The van der Waals surface area contributed by atoms with Crippen molar-refractivity contribution in [2.24, 2.45) is 5.92 Å². The normalized spacial score (nSPS) is 28.2. The van der Waals surface area contributed by atoms with E-state index in [0.29, 0.717) is 12.1 Å². The zero-order valence-corrected chi connectivity index (χ0v) is 10.9. The van der Waals surface area contributed by atoms with Crippen LogP contribution in [0.5, 0.6) is 0 Å². The first-order valence-corrected chi connectivity index (χ1v) is 6.87. The van der Waals surface area contributed by atoms with Gasteiger partial charge in [0.1, 0.15) is 0 Å². The Morgan fingerprint density at radius 3 is 2.80 bits per heavy atom. The zero-order chi connectivity index (χ0) is 10.8. The van der Waals surface area contributed by atoms with Crippen LogP contribution in [0.25, 0.3) is 0 Å². The first-order chi connectivity index (χ1) is 7.16. The van der Waals surface area contributed by atoms with Gasteiger partial charge in [-0.3, -0.25) is 0 Å². The highest BCUT2D eigenvalue weighted by molar-refractivity contribution is 7.16. The minimum absolute atomic E-state index is 0.438. The second-order valence-electron chi connectivity index (χ2n) is 4.54. The van der Waals surface area contributed by atoms with Crippen molar-refractivity contribution in [1.29, 1.82) is 0 Å². The quantitative estimate of drug-likeness (QED) is 0.837. The average molecular weight is 244 g/mol. The van der Waals surface area contributed by atoms with E-state index < -0.39 is 0 Å². The van der Waals surface area contributed by atoms with Crippen LogP contribution in [0.15, 0.2) is 12.1 Å². The van der Waals surface area contributed by atoms with Gasteiger partial charge in [0.25, 0.3) is 0 Å². The van der Waals surface area contributed by atoms with Crippen LogP contribution in [0.3, 0.4) is 0 Å². The second kappa shape index (κ2) is 4.86. The summed E-state index contributed by atoms with van der Waals surface area (Å²) in [6, 6.07) is 5.25. The van der Waals surface area contributed by atoms with Crippen molar-refractivity contribution in [3.8, 4) is 0 Å². The van der Waals surface area contributed by atoms with E-state index in [-0.39, 0.29) is 0 Å². The molecule has 1 saturated carbocycles. The molecule has 84 valence electrons. The first-order valence-electron chi connectivity index (χ1n) is 5.68. The summed E-state index contributed by atoms with van der Waals surface area (Å²) in [6.07, 6.45) is 4.07. The number of hydrogen-bond donors (Lipinski definition) is 1. The topological polar surface area (TPSA) is 12.0 Å². The standard InChI is InChI=1S/C12H18ClNS/c1-8-4-3-5-10(8)14-9(2)11-6-7-12(13)15-11/h6-10,14H,3-5H2,1-2H3. The van der Waals surface area contributed by atoms with Crippen molar-refractivity contribution in [2.45, 2.75) is 45.2 Å². The lowest BCUT2D eigenvalue weighted by Gasteiger charge is -2.22. The molecule has 3 atom stereocenters. The van der Waals surface area contributed by atoms with E-state index >= 15 is 0 Å². The van der Waals surface area contributed by atoms with Gasteiger partial charge in [-0.15, -0.1) is 11.3 Å². The number of nitrogens with one attached hydrogen (secondary N) is 1. The van der Waals surface area contributed by atoms with Gasteiger partial charge in [-0.05, 0) is 37.8 Å². The van der Waals surface area contributed by atoms with Gasteiger partial charge < -0.3 is 5.32 Å². The zero-order valence-electron chi connectivity index (χ0n) is 9.29. The molecule has 1 nitrogen and oxygen atoms in total. The third-order valence-electron chi connectivity index (χ3n) is 3.35. The number of thiophene rings is 1. The minimum Gasteiger partial charge on any atom is -0.306 e.